The van der Waals surface area contributed by atoms with Crippen molar-refractivity contribution in [1.82, 2.24) is 30.3 Å². The Morgan fingerprint density at radius 3 is 2.52 bits per heavy atom. The van der Waals surface area contributed by atoms with E-state index in [1.54, 1.807) is 18.1 Å². The van der Waals surface area contributed by atoms with Crippen molar-refractivity contribution in [2.75, 3.05) is 26.7 Å². The fourth-order valence-electron chi connectivity index (χ4n) is 2.90. The maximum atomic E-state index is 6.45. The zero-order chi connectivity index (χ0) is 18.9. The number of hydrogen-bond donors (Lipinski definition) is 2. The fraction of sp³-hybridized carbons (Fsp3) is 0.500. The van der Waals surface area contributed by atoms with Crippen molar-refractivity contribution in [3.05, 3.63) is 47.0 Å². The summed E-state index contributed by atoms with van der Waals surface area (Å²) in [6.45, 7) is 7.46. The second-order valence-electron chi connectivity index (χ2n) is 5.87. The number of rotatable bonds is 8. The molecule has 1 aromatic carbocycles. The molecular weight excluding hydrogens is 477 g/mol. The van der Waals surface area contributed by atoms with Gasteiger partial charge in [-0.25, -0.2) is 4.98 Å². The predicted octanol–water partition coefficient (Wildman–Crippen LogP) is 2.83. The Labute approximate surface area is 183 Å². The Balaban J connectivity index is 0.00000364. The standard InChI is InChI=1S/C18H28ClN7.HI/c1-5-26(6-2)16(14-9-7-8-10-15(14)19)11-21-18(20-3)22-12-17-23-13-24-25(17)4;/h7-10,13,16H,5-6,11-12H2,1-4H3,(H2,20,21,22);1H. The van der Waals surface area contributed by atoms with Crippen molar-refractivity contribution in [3.8, 4) is 0 Å². The first-order valence-corrected chi connectivity index (χ1v) is 9.24. The quantitative estimate of drug-likeness (QED) is 0.328. The summed E-state index contributed by atoms with van der Waals surface area (Å²) in [6, 6.07) is 8.17. The molecule has 7 nitrogen and oxygen atoms in total. The molecule has 2 rings (SSSR count). The average Bonchev–Trinajstić information content (AvgIpc) is 3.06. The molecule has 0 aliphatic rings. The van der Waals surface area contributed by atoms with Gasteiger partial charge in [-0.3, -0.25) is 14.6 Å². The van der Waals surface area contributed by atoms with Crippen LogP contribution >= 0.6 is 35.6 Å². The summed E-state index contributed by atoms with van der Waals surface area (Å²) in [5, 5.41) is 11.5. The number of guanidine groups is 1. The third kappa shape index (κ3) is 6.62. The van der Waals surface area contributed by atoms with Gasteiger partial charge < -0.3 is 10.6 Å². The number of aryl methyl sites for hydroxylation is 1. The molecule has 2 N–H and O–H groups in total. The van der Waals surface area contributed by atoms with Crippen molar-refractivity contribution in [3.63, 3.8) is 0 Å². The lowest BCUT2D eigenvalue weighted by atomic mass is 10.0. The minimum absolute atomic E-state index is 0. The first kappa shape index (κ1) is 23.6. The van der Waals surface area contributed by atoms with Gasteiger partial charge in [-0.05, 0) is 24.7 Å². The van der Waals surface area contributed by atoms with Crippen LogP contribution in [0.5, 0.6) is 0 Å². The molecule has 27 heavy (non-hydrogen) atoms. The molecule has 0 saturated carbocycles. The van der Waals surface area contributed by atoms with E-state index in [-0.39, 0.29) is 30.0 Å². The van der Waals surface area contributed by atoms with Gasteiger partial charge in [-0.2, -0.15) is 5.10 Å². The number of aliphatic imine (C=N–C) groups is 1. The van der Waals surface area contributed by atoms with Crippen LogP contribution in [0.1, 0.15) is 31.3 Å². The first-order chi connectivity index (χ1) is 12.6. The van der Waals surface area contributed by atoms with Gasteiger partial charge in [-0.15, -0.1) is 24.0 Å². The van der Waals surface area contributed by atoms with Crippen LogP contribution in [0.25, 0.3) is 0 Å². The summed E-state index contributed by atoms with van der Waals surface area (Å²) < 4.78 is 1.74. The van der Waals surface area contributed by atoms with E-state index in [9.17, 15) is 0 Å². The second kappa shape index (κ2) is 12.1. The number of likely N-dealkylation sites (N-methyl/N-ethyl adjacent to an activating group) is 1. The van der Waals surface area contributed by atoms with E-state index < -0.39 is 0 Å². The normalized spacial score (nSPS) is 12.6. The Hall–Kier alpha value is -1.39. The summed E-state index contributed by atoms with van der Waals surface area (Å²) in [5.41, 5.74) is 1.12. The zero-order valence-electron chi connectivity index (χ0n) is 16.3. The number of aromatic nitrogens is 3. The molecule has 2 aromatic rings. The Bertz CT molecular complexity index is 715. The number of benzene rings is 1. The highest BCUT2D eigenvalue weighted by Crippen LogP contribution is 2.26. The van der Waals surface area contributed by atoms with Crippen LogP contribution in [-0.2, 0) is 13.6 Å². The van der Waals surface area contributed by atoms with Crippen molar-refractivity contribution < 1.29 is 0 Å². The maximum absolute atomic E-state index is 6.45. The van der Waals surface area contributed by atoms with Crippen molar-refractivity contribution in [1.29, 1.82) is 0 Å². The Morgan fingerprint density at radius 1 is 1.26 bits per heavy atom. The smallest absolute Gasteiger partial charge is 0.191 e. The SMILES string of the molecule is CCN(CC)C(CNC(=NC)NCc1ncnn1C)c1ccccc1Cl.I. The summed E-state index contributed by atoms with van der Waals surface area (Å²) in [5.74, 6) is 1.57. The molecule has 0 radical (unpaired) electrons. The van der Waals surface area contributed by atoms with Crippen molar-refractivity contribution in [2.45, 2.75) is 26.4 Å². The van der Waals surface area contributed by atoms with Crippen LogP contribution in [0.15, 0.2) is 35.6 Å². The third-order valence-corrected chi connectivity index (χ3v) is 4.77. The molecule has 0 aliphatic carbocycles. The number of hydrogen-bond acceptors (Lipinski definition) is 4. The van der Waals surface area contributed by atoms with E-state index in [4.69, 9.17) is 11.6 Å². The summed E-state index contributed by atoms with van der Waals surface area (Å²) >= 11 is 6.45. The Morgan fingerprint density at radius 2 is 1.96 bits per heavy atom. The number of nitrogens with zero attached hydrogens (tertiary/aromatic N) is 5. The highest BCUT2D eigenvalue weighted by Gasteiger charge is 2.20. The summed E-state index contributed by atoms with van der Waals surface area (Å²) in [4.78, 5) is 10.9. The lowest BCUT2D eigenvalue weighted by molar-refractivity contribution is 0.219. The summed E-state index contributed by atoms with van der Waals surface area (Å²) in [7, 11) is 3.63. The van der Waals surface area contributed by atoms with E-state index in [1.165, 1.54) is 0 Å². The average molecular weight is 506 g/mol. The number of halogens is 2. The third-order valence-electron chi connectivity index (χ3n) is 4.42. The van der Waals surface area contributed by atoms with Crippen LogP contribution in [-0.4, -0.2) is 52.3 Å². The molecule has 0 spiro atoms. The van der Waals surface area contributed by atoms with Crippen LogP contribution in [0, 0.1) is 0 Å². The number of nitrogens with one attached hydrogen (secondary N) is 2. The van der Waals surface area contributed by atoms with Gasteiger partial charge in [0.1, 0.15) is 12.2 Å². The minimum Gasteiger partial charge on any atom is -0.354 e. The first-order valence-electron chi connectivity index (χ1n) is 8.86. The molecule has 150 valence electrons. The van der Waals surface area contributed by atoms with E-state index in [1.807, 2.05) is 25.2 Å². The molecule has 1 unspecified atom stereocenters. The van der Waals surface area contributed by atoms with Crippen LogP contribution in [0.3, 0.4) is 0 Å². The van der Waals surface area contributed by atoms with Gasteiger partial charge in [0.15, 0.2) is 5.96 Å². The van der Waals surface area contributed by atoms with E-state index in [2.05, 4.69) is 50.5 Å². The lowest BCUT2D eigenvalue weighted by Crippen LogP contribution is -2.43. The molecule has 0 bridgehead atoms. The van der Waals surface area contributed by atoms with Crippen molar-refractivity contribution >= 4 is 41.5 Å². The van der Waals surface area contributed by atoms with E-state index in [0.717, 1.165) is 35.5 Å². The molecular formula is C18H29ClIN7. The largest absolute Gasteiger partial charge is 0.354 e. The highest BCUT2D eigenvalue weighted by atomic mass is 127. The molecule has 0 saturated heterocycles. The Kier molecular flexibility index (Phi) is 10.6. The highest BCUT2D eigenvalue weighted by molar-refractivity contribution is 14.0. The molecule has 1 aromatic heterocycles. The zero-order valence-corrected chi connectivity index (χ0v) is 19.4. The summed E-state index contributed by atoms with van der Waals surface area (Å²) in [6.07, 6.45) is 1.54. The topological polar surface area (TPSA) is 70.4 Å². The van der Waals surface area contributed by atoms with Crippen LogP contribution in [0.2, 0.25) is 5.02 Å². The molecule has 9 heteroatoms. The maximum Gasteiger partial charge on any atom is 0.191 e. The van der Waals surface area contributed by atoms with Gasteiger partial charge in [0, 0.05) is 25.7 Å². The van der Waals surface area contributed by atoms with Crippen LogP contribution < -0.4 is 10.6 Å². The fourth-order valence-corrected chi connectivity index (χ4v) is 3.16. The van der Waals surface area contributed by atoms with Gasteiger partial charge in [0.2, 0.25) is 0 Å². The second-order valence-corrected chi connectivity index (χ2v) is 6.27. The van der Waals surface area contributed by atoms with E-state index in [0.29, 0.717) is 13.1 Å². The van der Waals surface area contributed by atoms with Gasteiger partial charge in [0.05, 0.1) is 12.6 Å². The predicted molar refractivity (Wildman–Crippen MR) is 122 cm³/mol. The molecule has 0 fully saturated rings. The lowest BCUT2D eigenvalue weighted by Gasteiger charge is -2.31. The van der Waals surface area contributed by atoms with Gasteiger partial charge in [-0.1, -0.05) is 43.6 Å². The molecule has 1 heterocycles. The van der Waals surface area contributed by atoms with Crippen molar-refractivity contribution in [2.24, 2.45) is 12.0 Å². The molecule has 0 amide bonds. The molecule has 0 aliphatic heterocycles. The monoisotopic (exact) mass is 505 g/mol. The minimum atomic E-state index is 0. The van der Waals surface area contributed by atoms with Crippen LogP contribution in [0.4, 0.5) is 0 Å². The molecule has 1 atom stereocenters. The van der Waals surface area contributed by atoms with Gasteiger partial charge >= 0.3 is 0 Å². The van der Waals surface area contributed by atoms with E-state index >= 15 is 0 Å². The van der Waals surface area contributed by atoms with Gasteiger partial charge in [0.25, 0.3) is 0 Å².